The van der Waals surface area contributed by atoms with Crippen LogP contribution in [0.15, 0.2) is 66.7 Å². The van der Waals surface area contributed by atoms with Gasteiger partial charge in [0.25, 0.3) is 5.91 Å². The Kier molecular flexibility index (Phi) is 7.87. The minimum Gasteiger partial charge on any atom is -0.390 e. The molecule has 0 bridgehead atoms. The van der Waals surface area contributed by atoms with E-state index < -0.39 is 6.10 Å². The van der Waals surface area contributed by atoms with E-state index in [1.54, 1.807) is 29.2 Å². The van der Waals surface area contributed by atoms with E-state index in [9.17, 15) is 9.90 Å². The van der Waals surface area contributed by atoms with Crippen LogP contribution in [0.25, 0.3) is 11.1 Å². The molecule has 0 aliphatic carbocycles. The van der Waals surface area contributed by atoms with Crippen LogP contribution in [0, 0.1) is 0 Å². The summed E-state index contributed by atoms with van der Waals surface area (Å²) in [4.78, 5) is 20.1. The molecule has 1 N–H and O–H groups in total. The standard InChI is InChI=1S/C28H28Cl3N3O2/c29-21-5-1-19(2-6-21)16-32-11-13-33(14-12-32)26-17-34(18-27(26)35)28(36)24-10-9-23(31)15-25(24)20-3-7-22(30)8-4-20/h1-10,15,26-27,35H,11-14,16-18H2. The van der Waals surface area contributed by atoms with Gasteiger partial charge in [0, 0.05) is 66.4 Å². The SMILES string of the molecule is O=C(c1ccc(Cl)cc1-c1ccc(Cl)cc1)N1CC(O)C(N2CCN(Cc3ccc(Cl)cc3)CC2)C1. The summed E-state index contributed by atoms with van der Waals surface area (Å²) in [6.45, 7) is 5.24. The van der Waals surface area contributed by atoms with Gasteiger partial charge < -0.3 is 10.0 Å². The molecule has 2 heterocycles. The molecule has 2 atom stereocenters. The number of carbonyl (C=O) groups is 1. The summed E-state index contributed by atoms with van der Waals surface area (Å²) in [5.74, 6) is -0.0976. The normalized spacial score (nSPS) is 21.2. The molecule has 1 amide bonds. The quantitative estimate of drug-likeness (QED) is 0.473. The number of amides is 1. The van der Waals surface area contributed by atoms with Crippen molar-refractivity contribution in [3.63, 3.8) is 0 Å². The molecule has 3 aromatic carbocycles. The zero-order valence-corrected chi connectivity index (χ0v) is 22.1. The highest BCUT2D eigenvalue weighted by molar-refractivity contribution is 6.31. The number of likely N-dealkylation sites (tertiary alicyclic amines) is 1. The Hall–Kier alpha value is -2.12. The Labute approximate surface area is 226 Å². The van der Waals surface area contributed by atoms with Crippen LogP contribution in [0.5, 0.6) is 0 Å². The van der Waals surface area contributed by atoms with Crippen molar-refractivity contribution in [3.8, 4) is 11.1 Å². The van der Waals surface area contributed by atoms with Gasteiger partial charge in [0.1, 0.15) is 0 Å². The highest BCUT2D eigenvalue weighted by atomic mass is 35.5. The fourth-order valence-electron chi connectivity index (χ4n) is 5.14. The molecule has 0 spiro atoms. The van der Waals surface area contributed by atoms with Gasteiger partial charge in [-0.15, -0.1) is 0 Å². The third-order valence-corrected chi connectivity index (χ3v) is 7.85. The summed E-state index contributed by atoms with van der Waals surface area (Å²) in [5.41, 5.74) is 3.45. The molecule has 5 rings (SSSR count). The summed E-state index contributed by atoms with van der Waals surface area (Å²) < 4.78 is 0. The van der Waals surface area contributed by atoms with Crippen molar-refractivity contribution >= 4 is 40.7 Å². The van der Waals surface area contributed by atoms with E-state index in [4.69, 9.17) is 34.8 Å². The molecular formula is C28H28Cl3N3O2. The van der Waals surface area contributed by atoms with Gasteiger partial charge in [-0.3, -0.25) is 14.6 Å². The number of aliphatic hydroxyl groups excluding tert-OH is 1. The van der Waals surface area contributed by atoms with Crippen molar-refractivity contribution in [1.29, 1.82) is 0 Å². The third kappa shape index (κ3) is 5.72. The Bertz CT molecular complexity index is 1210. The lowest BCUT2D eigenvalue weighted by Crippen LogP contribution is -2.53. The number of halogens is 3. The van der Waals surface area contributed by atoms with Crippen LogP contribution in [-0.2, 0) is 6.54 Å². The van der Waals surface area contributed by atoms with Gasteiger partial charge in [0.05, 0.1) is 12.1 Å². The molecule has 2 aliphatic heterocycles. The Morgan fingerprint density at radius 3 is 2.08 bits per heavy atom. The molecular weight excluding hydrogens is 517 g/mol. The van der Waals surface area contributed by atoms with Crippen LogP contribution >= 0.6 is 34.8 Å². The largest absolute Gasteiger partial charge is 0.390 e. The molecule has 0 radical (unpaired) electrons. The molecule has 2 unspecified atom stereocenters. The van der Waals surface area contributed by atoms with Crippen molar-refractivity contribution in [2.45, 2.75) is 18.7 Å². The molecule has 0 saturated carbocycles. The van der Waals surface area contributed by atoms with Crippen LogP contribution in [-0.4, -0.2) is 77.1 Å². The van der Waals surface area contributed by atoms with Crippen molar-refractivity contribution in [2.75, 3.05) is 39.3 Å². The number of benzene rings is 3. The maximum atomic E-state index is 13.6. The fraction of sp³-hybridized carbons (Fsp3) is 0.321. The average molecular weight is 545 g/mol. The van der Waals surface area contributed by atoms with E-state index in [0.29, 0.717) is 28.7 Å². The molecule has 3 aromatic rings. The highest BCUT2D eigenvalue weighted by Crippen LogP contribution is 2.30. The molecule has 8 heteroatoms. The second-order valence-electron chi connectivity index (χ2n) is 9.48. The highest BCUT2D eigenvalue weighted by Gasteiger charge is 2.39. The van der Waals surface area contributed by atoms with Gasteiger partial charge in [-0.25, -0.2) is 0 Å². The molecule has 2 saturated heterocycles. The number of hydrogen-bond acceptors (Lipinski definition) is 4. The number of hydrogen-bond donors (Lipinski definition) is 1. The smallest absolute Gasteiger partial charge is 0.254 e. The predicted octanol–water partition coefficient (Wildman–Crippen LogP) is 5.32. The van der Waals surface area contributed by atoms with Gasteiger partial charge in [0.15, 0.2) is 0 Å². The van der Waals surface area contributed by atoms with Gasteiger partial charge in [-0.2, -0.15) is 0 Å². The molecule has 2 fully saturated rings. The average Bonchev–Trinajstić information content (AvgIpc) is 3.27. The van der Waals surface area contributed by atoms with E-state index in [1.165, 1.54) is 5.56 Å². The van der Waals surface area contributed by atoms with Crippen LogP contribution in [0.1, 0.15) is 15.9 Å². The number of piperazine rings is 1. The summed E-state index contributed by atoms with van der Waals surface area (Å²) >= 11 is 18.3. The predicted molar refractivity (Wildman–Crippen MR) is 146 cm³/mol. The van der Waals surface area contributed by atoms with Gasteiger partial charge in [-0.05, 0) is 59.2 Å². The van der Waals surface area contributed by atoms with E-state index >= 15 is 0 Å². The lowest BCUT2D eigenvalue weighted by molar-refractivity contribution is 0.0423. The first-order chi connectivity index (χ1) is 17.4. The van der Waals surface area contributed by atoms with Gasteiger partial charge in [-0.1, -0.05) is 59.1 Å². The zero-order valence-electron chi connectivity index (χ0n) is 19.8. The lowest BCUT2D eigenvalue weighted by atomic mass is 9.99. The number of β-amino-alcohol motifs (C(OH)–C–C–N with tert-alkyl or cyclic N) is 1. The maximum Gasteiger partial charge on any atom is 0.254 e. The summed E-state index contributed by atoms with van der Waals surface area (Å²) in [7, 11) is 0. The summed E-state index contributed by atoms with van der Waals surface area (Å²) in [5, 5.41) is 12.8. The van der Waals surface area contributed by atoms with Crippen LogP contribution in [0.2, 0.25) is 15.1 Å². The zero-order chi connectivity index (χ0) is 25.2. The van der Waals surface area contributed by atoms with Crippen LogP contribution < -0.4 is 0 Å². The topological polar surface area (TPSA) is 47.0 Å². The second-order valence-corrected chi connectivity index (χ2v) is 10.8. The molecule has 36 heavy (non-hydrogen) atoms. The lowest BCUT2D eigenvalue weighted by Gasteiger charge is -2.38. The second kappa shape index (κ2) is 11.1. The minimum absolute atomic E-state index is 0.0714. The van der Waals surface area contributed by atoms with Crippen molar-refractivity contribution < 1.29 is 9.90 Å². The van der Waals surface area contributed by atoms with Crippen molar-refractivity contribution in [3.05, 3.63) is 92.9 Å². The van der Waals surface area contributed by atoms with E-state index in [2.05, 4.69) is 21.9 Å². The minimum atomic E-state index is -0.581. The summed E-state index contributed by atoms with van der Waals surface area (Å²) in [6, 6.07) is 20.6. The summed E-state index contributed by atoms with van der Waals surface area (Å²) in [6.07, 6.45) is -0.581. The maximum absolute atomic E-state index is 13.6. The number of carbonyl (C=O) groups excluding carboxylic acids is 1. The number of nitrogens with zero attached hydrogens (tertiary/aromatic N) is 3. The third-order valence-electron chi connectivity index (χ3n) is 7.11. The van der Waals surface area contributed by atoms with Gasteiger partial charge in [0.2, 0.25) is 0 Å². The number of rotatable bonds is 5. The Balaban J connectivity index is 1.24. The molecule has 188 valence electrons. The molecule has 5 nitrogen and oxygen atoms in total. The first kappa shape index (κ1) is 25.5. The van der Waals surface area contributed by atoms with Crippen LogP contribution in [0.4, 0.5) is 0 Å². The fourth-order valence-corrected chi connectivity index (χ4v) is 5.56. The van der Waals surface area contributed by atoms with E-state index in [1.807, 2.05) is 30.3 Å². The number of aliphatic hydroxyl groups is 1. The molecule has 0 aromatic heterocycles. The van der Waals surface area contributed by atoms with Crippen molar-refractivity contribution in [1.82, 2.24) is 14.7 Å². The van der Waals surface area contributed by atoms with Crippen molar-refractivity contribution in [2.24, 2.45) is 0 Å². The molecule has 2 aliphatic rings. The Morgan fingerprint density at radius 1 is 0.806 bits per heavy atom. The van der Waals surface area contributed by atoms with Gasteiger partial charge >= 0.3 is 0 Å². The monoisotopic (exact) mass is 543 g/mol. The first-order valence-electron chi connectivity index (χ1n) is 12.1. The van der Waals surface area contributed by atoms with E-state index in [-0.39, 0.29) is 11.9 Å². The van der Waals surface area contributed by atoms with Crippen LogP contribution in [0.3, 0.4) is 0 Å². The van der Waals surface area contributed by atoms with E-state index in [0.717, 1.165) is 48.9 Å². The first-order valence-corrected chi connectivity index (χ1v) is 13.2. The Morgan fingerprint density at radius 2 is 1.42 bits per heavy atom.